The molecule has 2 saturated heterocycles. The highest BCUT2D eigenvalue weighted by molar-refractivity contribution is 5.76. The Balaban J connectivity index is 1.50. The Hall–Kier alpha value is -2.13. The molecule has 1 aromatic heterocycles. The van der Waals surface area contributed by atoms with E-state index in [2.05, 4.69) is 16.0 Å². The Bertz CT molecular complexity index is 585. The van der Waals surface area contributed by atoms with Crippen molar-refractivity contribution in [1.82, 2.24) is 9.88 Å². The summed E-state index contributed by atoms with van der Waals surface area (Å²) in [6, 6.07) is 7.61. The van der Waals surface area contributed by atoms with Crippen LogP contribution in [0.25, 0.3) is 0 Å². The number of aromatic nitrogens is 1. The Morgan fingerprint density at radius 2 is 2.00 bits per heavy atom. The number of pyridine rings is 1. The van der Waals surface area contributed by atoms with Crippen LogP contribution in [0.1, 0.15) is 25.0 Å². The van der Waals surface area contributed by atoms with Gasteiger partial charge in [0.05, 0.1) is 13.2 Å². The van der Waals surface area contributed by atoms with E-state index >= 15 is 0 Å². The summed E-state index contributed by atoms with van der Waals surface area (Å²) in [7, 11) is 0. The van der Waals surface area contributed by atoms with Crippen LogP contribution in [0.15, 0.2) is 18.2 Å². The largest absolute Gasteiger partial charge is 0.378 e. The first-order valence-electron chi connectivity index (χ1n) is 8.24. The minimum Gasteiger partial charge on any atom is -0.378 e. The number of hydrogen-bond donors (Lipinski definition) is 0. The summed E-state index contributed by atoms with van der Waals surface area (Å²) in [6.07, 6.45) is 2.63. The highest BCUT2D eigenvalue weighted by Gasteiger charge is 2.25. The lowest BCUT2D eigenvalue weighted by Gasteiger charge is -2.34. The number of amides is 1. The lowest BCUT2D eigenvalue weighted by atomic mass is 9.93. The number of anilines is 1. The molecule has 0 saturated carbocycles. The van der Waals surface area contributed by atoms with Crippen molar-refractivity contribution < 1.29 is 9.53 Å². The van der Waals surface area contributed by atoms with Crippen LogP contribution < -0.4 is 4.90 Å². The van der Waals surface area contributed by atoms with E-state index < -0.39 is 0 Å². The van der Waals surface area contributed by atoms with Gasteiger partial charge in [0.25, 0.3) is 0 Å². The summed E-state index contributed by atoms with van der Waals surface area (Å²) in [6.45, 7) is 4.55. The summed E-state index contributed by atoms with van der Waals surface area (Å²) in [4.78, 5) is 20.8. The molecule has 0 aromatic carbocycles. The highest BCUT2D eigenvalue weighted by atomic mass is 16.5. The number of rotatable bonds is 3. The Morgan fingerprint density at radius 1 is 1.26 bits per heavy atom. The third-order valence-corrected chi connectivity index (χ3v) is 4.61. The highest BCUT2D eigenvalue weighted by Crippen LogP contribution is 2.25. The van der Waals surface area contributed by atoms with Crippen LogP contribution in [0.2, 0.25) is 0 Å². The SMILES string of the molecule is N#Cc1cccc(N2CCC(CC(=O)N3CCOCC3)CC2)n1. The normalized spacial score (nSPS) is 19.4. The van der Waals surface area contributed by atoms with Gasteiger partial charge in [-0.1, -0.05) is 6.07 Å². The van der Waals surface area contributed by atoms with Gasteiger partial charge in [-0.2, -0.15) is 5.26 Å². The van der Waals surface area contributed by atoms with Crippen LogP contribution in [0.3, 0.4) is 0 Å². The van der Waals surface area contributed by atoms with Gasteiger partial charge in [-0.15, -0.1) is 0 Å². The fourth-order valence-electron chi connectivity index (χ4n) is 3.22. The van der Waals surface area contributed by atoms with Crippen molar-refractivity contribution >= 4 is 11.7 Å². The third kappa shape index (κ3) is 3.99. The molecule has 0 aliphatic carbocycles. The molecule has 2 aliphatic heterocycles. The Kier molecular flexibility index (Phi) is 5.09. The van der Waals surface area contributed by atoms with Gasteiger partial charge in [0.2, 0.25) is 5.91 Å². The van der Waals surface area contributed by atoms with Gasteiger partial charge >= 0.3 is 0 Å². The number of ether oxygens (including phenoxy) is 1. The van der Waals surface area contributed by atoms with E-state index in [1.165, 1.54) is 0 Å². The van der Waals surface area contributed by atoms with Crippen molar-refractivity contribution in [3.05, 3.63) is 23.9 Å². The predicted molar refractivity (Wildman–Crippen MR) is 85.9 cm³/mol. The molecular formula is C17H22N4O2. The standard InChI is InChI=1S/C17H22N4O2/c18-13-15-2-1-3-16(19-15)20-6-4-14(5-7-20)12-17(22)21-8-10-23-11-9-21/h1-3,14H,4-12H2. The molecule has 6 heteroatoms. The van der Waals surface area contributed by atoms with Crippen LogP contribution in [0, 0.1) is 17.2 Å². The van der Waals surface area contributed by atoms with Gasteiger partial charge in [-0.25, -0.2) is 4.98 Å². The average molecular weight is 314 g/mol. The van der Waals surface area contributed by atoms with E-state index in [9.17, 15) is 4.79 Å². The van der Waals surface area contributed by atoms with E-state index in [-0.39, 0.29) is 5.91 Å². The molecule has 0 bridgehead atoms. The molecular weight excluding hydrogens is 292 g/mol. The molecule has 122 valence electrons. The molecule has 2 aliphatic rings. The predicted octanol–water partition coefficient (Wildman–Crippen LogP) is 1.42. The molecule has 23 heavy (non-hydrogen) atoms. The van der Waals surface area contributed by atoms with Gasteiger partial charge in [0, 0.05) is 32.6 Å². The van der Waals surface area contributed by atoms with Crippen molar-refractivity contribution in [1.29, 1.82) is 5.26 Å². The zero-order valence-corrected chi connectivity index (χ0v) is 13.3. The molecule has 3 rings (SSSR count). The summed E-state index contributed by atoms with van der Waals surface area (Å²) in [5, 5.41) is 8.94. The fourth-order valence-corrected chi connectivity index (χ4v) is 3.22. The quantitative estimate of drug-likeness (QED) is 0.844. The number of piperidine rings is 1. The lowest BCUT2D eigenvalue weighted by Crippen LogP contribution is -2.42. The summed E-state index contributed by atoms with van der Waals surface area (Å²) >= 11 is 0. The van der Waals surface area contributed by atoms with Crippen molar-refractivity contribution in [3.8, 4) is 6.07 Å². The molecule has 0 atom stereocenters. The first-order valence-corrected chi connectivity index (χ1v) is 8.24. The topological polar surface area (TPSA) is 69.5 Å². The van der Waals surface area contributed by atoms with Crippen LogP contribution in [-0.2, 0) is 9.53 Å². The molecule has 0 unspecified atom stereocenters. The number of morpholine rings is 1. The van der Waals surface area contributed by atoms with E-state index in [1.807, 2.05) is 17.0 Å². The monoisotopic (exact) mass is 314 g/mol. The third-order valence-electron chi connectivity index (χ3n) is 4.61. The van der Waals surface area contributed by atoms with Crippen molar-refractivity contribution in [2.45, 2.75) is 19.3 Å². The van der Waals surface area contributed by atoms with Gasteiger partial charge in [-0.05, 0) is 30.9 Å². The molecule has 1 aromatic rings. The van der Waals surface area contributed by atoms with Gasteiger partial charge in [0.15, 0.2) is 0 Å². The lowest BCUT2D eigenvalue weighted by molar-refractivity contribution is -0.136. The average Bonchev–Trinajstić information content (AvgIpc) is 2.63. The van der Waals surface area contributed by atoms with E-state index in [1.54, 1.807) is 6.07 Å². The zero-order chi connectivity index (χ0) is 16.1. The smallest absolute Gasteiger partial charge is 0.223 e. The maximum absolute atomic E-state index is 12.3. The number of nitrogens with zero attached hydrogens (tertiary/aromatic N) is 4. The molecule has 2 fully saturated rings. The van der Waals surface area contributed by atoms with Crippen LogP contribution in [0.5, 0.6) is 0 Å². The van der Waals surface area contributed by atoms with Crippen molar-refractivity contribution in [2.24, 2.45) is 5.92 Å². The first-order chi connectivity index (χ1) is 11.3. The van der Waals surface area contributed by atoms with E-state index in [0.717, 1.165) is 44.8 Å². The number of carbonyl (C=O) groups is 1. The molecule has 6 nitrogen and oxygen atoms in total. The number of hydrogen-bond acceptors (Lipinski definition) is 5. The van der Waals surface area contributed by atoms with Crippen molar-refractivity contribution in [3.63, 3.8) is 0 Å². The number of nitriles is 1. The van der Waals surface area contributed by atoms with E-state index in [4.69, 9.17) is 10.00 Å². The summed E-state index contributed by atoms with van der Waals surface area (Å²) < 4.78 is 5.29. The maximum Gasteiger partial charge on any atom is 0.223 e. The second-order valence-electron chi connectivity index (χ2n) is 6.12. The van der Waals surface area contributed by atoms with E-state index in [0.29, 0.717) is 31.2 Å². The summed E-state index contributed by atoms with van der Waals surface area (Å²) in [5.41, 5.74) is 0.451. The molecule has 1 amide bonds. The summed E-state index contributed by atoms with van der Waals surface area (Å²) in [5.74, 6) is 1.57. The fraction of sp³-hybridized carbons (Fsp3) is 0.588. The second-order valence-corrected chi connectivity index (χ2v) is 6.12. The number of carbonyl (C=O) groups excluding carboxylic acids is 1. The Morgan fingerprint density at radius 3 is 2.70 bits per heavy atom. The van der Waals surface area contributed by atoms with Gasteiger partial charge in [0.1, 0.15) is 17.6 Å². The van der Waals surface area contributed by atoms with Crippen LogP contribution in [-0.4, -0.2) is 55.2 Å². The second kappa shape index (κ2) is 7.42. The van der Waals surface area contributed by atoms with Gasteiger partial charge < -0.3 is 14.5 Å². The molecule has 0 radical (unpaired) electrons. The first kappa shape index (κ1) is 15.8. The minimum atomic E-state index is 0.261. The molecule has 0 spiro atoms. The molecule has 0 N–H and O–H groups in total. The van der Waals surface area contributed by atoms with Gasteiger partial charge in [-0.3, -0.25) is 4.79 Å². The molecule has 3 heterocycles. The minimum absolute atomic E-state index is 0.261. The Labute approximate surface area is 136 Å². The van der Waals surface area contributed by atoms with Crippen molar-refractivity contribution in [2.75, 3.05) is 44.3 Å². The van der Waals surface area contributed by atoms with Crippen LogP contribution >= 0.6 is 0 Å². The maximum atomic E-state index is 12.3. The zero-order valence-electron chi connectivity index (χ0n) is 13.3. The van der Waals surface area contributed by atoms with Crippen LogP contribution in [0.4, 0.5) is 5.82 Å².